The van der Waals surface area contributed by atoms with Gasteiger partial charge < -0.3 is 9.15 Å². The maximum absolute atomic E-state index is 13.0. The van der Waals surface area contributed by atoms with Crippen molar-refractivity contribution in [3.05, 3.63) is 86.6 Å². The van der Waals surface area contributed by atoms with E-state index in [1.54, 1.807) is 50.2 Å². The second kappa shape index (κ2) is 9.32. The van der Waals surface area contributed by atoms with Crippen LogP contribution in [0.4, 0.5) is 11.4 Å². The van der Waals surface area contributed by atoms with E-state index in [9.17, 15) is 19.7 Å². The lowest BCUT2D eigenvalue weighted by atomic mass is 10.1. The smallest absolute Gasteiger partial charge is 0.338 e. The Morgan fingerprint density at radius 1 is 1.21 bits per heavy atom. The van der Waals surface area contributed by atoms with E-state index in [-0.39, 0.29) is 22.0 Å². The highest BCUT2D eigenvalue weighted by Gasteiger charge is 2.33. The highest BCUT2D eigenvalue weighted by atomic mass is 35.5. The van der Waals surface area contributed by atoms with Crippen molar-refractivity contribution < 1.29 is 23.7 Å². The lowest BCUT2D eigenvalue weighted by Crippen LogP contribution is -2.22. The molecular weight excluding hydrogens is 462 g/mol. The molecule has 1 aromatic heterocycles. The monoisotopic (exact) mass is 479 g/mol. The van der Waals surface area contributed by atoms with Gasteiger partial charge in [0.15, 0.2) is 0 Å². The highest BCUT2D eigenvalue weighted by Crippen LogP contribution is 2.35. The number of benzene rings is 2. The van der Waals surface area contributed by atoms with Gasteiger partial charge in [0.1, 0.15) is 17.2 Å². The second-order valence-electron chi connectivity index (χ2n) is 7.25. The minimum Gasteiger partial charge on any atom is -0.462 e. The summed E-state index contributed by atoms with van der Waals surface area (Å²) in [4.78, 5) is 35.6. The van der Waals surface area contributed by atoms with Gasteiger partial charge in [-0.1, -0.05) is 23.7 Å². The summed E-state index contributed by atoms with van der Waals surface area (Å²) >= 11 is 5.99. The maximum atomic E-state index is 13.0. The van der Waals surface area contributed by atoms with Crippen molar-refractivity contribution in [2.75, 3.05) is 11.6 Å². The normalized spacial score (nSPS) is 14.4. The van der Waals surface area contributed by atoms with Gasteiger partial charge in [-0.25, -0.2) is 4.79 Å². The summed E-state index contributed by atoms with van der Waals surface area (Å²) in [6, 6.07) is 14.1. The van der Waals surface area contributed by atoms with E-state index in [0.717, 1.165) is 10.6 Å². The van der Waals surface area contributed by atoms with Crippen LogP contribution in [0.2, 0.25) is 5.02 Å². The molecule has 3 aromatic rings. The van der Waals surface area contributed by atoms with E-state index in [4.69, 9.17) is 20.8 Å². The van der Waals surface area contributed by atoms with Gasteiger partial charge in [0.2, 0.25) is 0 Å². The van der Waals surface area contributed by atoms with E-state index in [1.807, 2.05) is 0 Å². The zero-order chi connectivity index (χ0) is 24.4. The first-order valence-electron chi connectivity index (χ1n) is 10.2. The number of halogens is 1. The fourth-order valence-corrected chi connectivity index (χ4v) is 3.55. The Labute approximate surface area is 199 Å². The zero-order valence-electron chi connectivity index (χ0n) is 18.1. The van der Waals surface area contributed by atoms with Gasteiger partial charge in [0.25, 0.3) is 11.6 Å². The van der Waals surface area contributed by atoms with Crippen molar-refractivity contribution in [1.82, 2.24) is 0 Å². The van der Waals surface area contributed by atoms with Crippen LogP contribution in [0.25, 0.3) is 17.4 Å². The van der Waals surface area contributed by atoms with Gasteiger partial charge in [-0.15, -0.1) is 0 Å². The number of hydrogen-bond donors (Lipinski definition) is 0. The number of rotatable bonds is 6. The lowest BCUT2D eigenvalue weighted by molar-refractivity contribution is -0.384. The van der Waals surface area contributed by atoms with Gasteiger partial charge in [-0.05, 0) is 56.3 Å². The maximum Gasteiger partial charge on any atom is 0.338 e. The van der Waals surface area contributed by atoms with Crippen LogP contribution in [0.1, 0.15) is 30.0 Å². The number of anilines is 1. The molecule has 10 heteroatoms. The predicted octanol–water partition coefficient (Wildman–Crippen LogP) is 5.49. The third-order valence-corrected chi connectivity index (χ3v) is 5.25. The standard InChI is InChI=1S/C24H18ClN3O6/c1-3-33-24(30)16-6-4-15(5-7-16)22-11-9-18(34-22)13-19-14(2)26-27(23(19)29)21-12-17(25)8-10-20(21)28(31)32/h4-13H,3H2,1-2H3/b19-13-. The van der Waals surface area contributed by atoms with E-state index in [1.165, 1.54) is 24.3 Å². The zero-order valence-corrected chi connectivity index (χ0v) is 18.9. The number of nitro groups is 1. The first-order valence-corrected chi connectivity index (χ1v) is 10.6. The fraction of sp³-hybridized carbons (Fsp3) is 0.125. The Morgan fingerprint density at radius 2 is 1.94 bits per heavy atom. The molecule has 0 spiro atoms. The molecule has 172 valence electrons. The van der Waals surface area contributed by atoms with Crippen LogP contribution in [0.5, 0.6) is 0 Å². The molecule has 2 heterocycles. The molecule has 2 aromatic carbocycles. The molecule has 0 aliphatic carbocycles. The minimum atomic E-state index is -0.600. The number of furan rings is 1. The van der Waals surface area contributed by atoms with Crippen LogP contribution < -0.4 is 5.01 Å². The van der Waals surface area contributed by atoms with Crippen molar-refractivity contribution in [2.45, 2.75) is 13.8 Å². The number of hydrazone groups is 1. The third-order valence-electron chi connectivity index (χ3n) is 5.02. The van der Waals surface area contributed by atoms with Crippen LogP contribution in [0.3, 0.4) is 0 Å². The molecule has 0 N–H and O–H groups in total. The Morgan fingerprint density at radius 3 is 2.62 bits per heavy atom. The summed E-state index contributed by atoms with van der Waals surface area (Å²) in [5.41, 5.74) is 1.45. The first kappa shape index (κ1) is 22.9. The minimum absolute atomic E-state index is 0.0212. The molecule has 1 aliphatic rings. The van der Waals surface area contributed by atoms with Crippen molar-refractivity contribution in [1.29, 1.82) is 0 Å². The summed E-state index contributed by atoms with van der Waals surface area (Å²) in [6.45, 7) is 3.65. The molecule has 0 radical (unpaired) electrons. The second-order valence-corrected chi connectivity index (χ2v) is 7.69. The van der Waals surface area contributed by atoms with Gasteiger partial charge in [-0.2, -0.15) is 10.1 Å². The van der Waals surface area contributed by atoms with Crippen molar-refractivity contribution in [3.63, 3.8) is 0 Å². The van der Waals surface area contributed by atoms with Crippen molar-refractivity contribution >= 4 is 46.6 Å². The Kier molecular flexibility index (Phi) is 6.29. The van der Waals surface area contributed by atoms with E-state index >= 15 is 0 Å². The van der Waals surface area contributed by atoms with E-state index in [2.05, 4.69) is 5.10 Å². The van der Waals surface area contributed by atoms with Crippen LogP contribution in [-0.4, -0.2) is 29.1 Å². The van der Waals surface area contributed by atoms with Crippen molar-refractivity contribution in [3.8, 4) is 11.3 Å². The van der Waals surface area contributed by atoms with Gasteiger partial charge in [0, 0.05) is 16.7 Å². The molecule has 0 fully saturated rings. The predicted molar refractivity (Wildman–Crippen MR) is 127 cm³/mol. The molecular formula is C24H18ClN3O6. The number of esters is 1. The Bertz CT molecular complexity index is 1360. The molecule has 34 heavy (non-hydrogen) atoms. The number of carbonyl (C=O) groups excluding carboxylic acids is 2. The number of carbonyl (C=O) groups is 2. The number of amides is 1. The molecule has 1 aliphatic heterocycles. The van der Waals surface area contributed by atoms with Crippen LogP contribution >= 0.6 is 11.6 Å². The number of nitrogens with zero attached hydrogens (tertiary/aromatic N) is 3. The lowest BCUT2D eigenvalue weighted by Gasteiger charge is -2.12. The molecule has 0 unspecified atom stereocenters. The third kappa shape index (κ3) is 4.46. The fourth-order valence-electron chi connectivity index (χ4n) is 3.38. The van der Waals surface area contributed by atoms with Gasteiger partial charge >= 0.3 is 5.97 Å². The summed E-state index contributed by atoms with van der Waals surface area (Å²) in [5.74, 6) is -0.0213. The molecule has 9 nitrogen and oxygen atoms in total. The first-order chi connectivity index (χ1) is 16.3. The van der Waals surface area contributed by atoms with Crippen molar-refractivity contribution in [2.24, 2.45) is 5.10 Å². The number of ether oxygens (including phenoxy) is 1. The Balaban J connectivity index is 1.59. The molecule has 4 rings (SSSR count). The van der Waals surface area contributed by atoms with Gasteiger partial charge in [0.05, 0.1) is 28.4 Å². The van der Waals surface area contributed by atoms with Crippen LogP contribution in [0, 0.1) is 10.1 Å². The molecule has 0 bridgehead atoms. The molecule has 0 atom stereocenters. The number of hydrogen-bond acceptors (Lipinski definition) is 7. The summed E-state index contributed by atoms with van der Waals surface area (Å²) in [5, 5.41) is 16.8. The summed E-state index contributed by atoms with van der Waals surface area (Å²) < 4.78 is 10.8. The average Bonchev–Trinajstić information content (AvgIpc) is 3.39. The molecule has 0 saturated carbocycles. The molecule has 1 amide bonds. The average molecular weight is 480 g/mol. The summed E-state index contributed by atoms with van der Waals surface area (Å²) in [6.07, 6.45) is 1.52. The highest BCUT2D eigenvalue weighted by molar-refractivity contribution is 6.33. The SMILES string of the molecule is CCOC(=O)c1ccc(-c2ccc(/C=C3\C(=O)N(c4cc(Cl)ccc4[N+](=O)[O-])N=C3C)o2)cc1. The van der Waals surface area contributed by atoms with E-state index in [0.29, 0.717) is 29.4 Å². The van der Waals surface area contributed by atoms with Crippen LogP contribution in [-0.2, 0) is 9.53 Å². The number of nitro benzene ring substituents is 1. The topological polar surface area (TPSA) is 115 Å². The Hall–Kier alpha value is -4.24. The van der Waals surface area contributed by atoms with Crippen LogP contribution in [0.15, 0.2) is 69.7 Å². The molecule has 0 saturated heterocycles. The summed E-state index contributed by atoms with van der Waals surface area (Å²) in [7, 11) is 0. The van der Waals surface area contributed by atoms with Gasteiger partial charge in [-0.3, -0.25) is 14.9 Å². The largest absolute Gasteiger partial charge is 0.462 e. The van der Waals surface area contributed by atoms with E-state index < -0.39 is 16.8 Å². The quantitative estimate of drug-likeness (QED) is 0.200.